The number of carbonyl (C=O) groups excluding carboxylic acids is 2. The SMILES string of the molecule is Cc1ccc(O)c(C(=O)N(C)CC(=O)Nc2c(Cl)cccc2Cl)c1. The molecule has 2 rings (SSSR count). The summed E-state index contributed by atoms with van der Waals surface area (Å²) in [4.78, 5) is 25.7. The molecule has 0 heterocycles. The second-order valence-corrected chi connectivity index (χ2v) is 6.14. The molecule has 0 aliphatic heterocycles. The minimum absolute atomic E-state index is 0.132. The van der Waals surface area contributed by atoms with Crippen LogP contribution in [0.3, 0.4) is 0 Å². The monoisotopic (exact) mass is 366 g/mol. The van der Waals surface area contributed by atoms with Gasteiger partial charge in [-0.25, -0.2) is 0 Å². The lowest BCUT2D eigenvalue weighted by atomic mass is 10.1. The number of phenols is 1. The highest BCUT2D eigenvalue weighted by Gasteiger charge is 2.19. The molecule has 0 aliphatic rings. The van der Waals surface area contributed by atoms with Crippen molar-refractivity contribution >= 4 is 40.7 Å². The third-order valence-electron chi connectivity index (χ3n) is 3.34. The molecule has 24 heavy (non-hydrogen) atoms. The lowest BCUT2D eigenvalue weighted by Crippen LogP contribution is -2.35. The van der Waals surface area contributed by atoms with E-state index in [2.05, 4.69) is 5.32 Å². The number of nitrogens with one attached hydrogen (secondary N) is 1. The van der Waals surface area contributed by atoms with E-state index in [1.165, 1.54) is 18.0 Å². The van der Waals surface area contributed by atoms with Crippen molar-refractivity contribution in [2.24, 2.45) is 0 Å². The number of hydrogen-bond donors (Lipinski definition) is 2. The molecule has 0 aromatic heterocycles. The second-order valence-electron chi connectivity index (χ2n) is 5.33. The molecule has 0 aliphatic carbocycles. The van der Waals surface area contributed by atoms with E-state index in [4.69, 9.17) is 23.2 Å². The highest BCUT2D eigenvalue weighted by molar-refractivity contribution is 6.39. The molecule has 2 aromatic carbocycles. The molecule has 0 spiro atoms. The number of aryl methyl sites for hydroxylation is 1. The van der Waals surface area contributed by atoms with Crippen molar-refractivity contribution in [3.05, 3.63) is 57.6 Å². The molecule has 0 saturated carbocycles. The summed E-state index contributed by atoms with van der Waals surface area (Å²) in [7, 11) is 1.47. The molecule has 0 unspecified atom stereocenters. The van der Waals surface area contributed by atoms with Crippen LogP contribution in [0.2, 0.25) is 10.0 Å². The molecule has 2 amide bonds. The summed E-state index contributed by atoms with van der Waals surface area (Å²) in [6, 6.07) is 9.57. The van der Waals surface area contributed by atoms with Gasteiger partial charge in [0.2, 0.25) is 5.91 Å². The smallest absolute Gasteiger partial charge is 0.257 e. The van der Waals surface area contributed by atoms with Crippen LogP contribution >= 0.6 is 23.2 Å². The lowest BCUT2D eigenvalue weighted by Gasteiger charge is -2.18. The van der Waals surface area contributed by atoms with Crippen LogP contribution in [0.15, 0.2) is 36.4 Å². The summed E-state index contributed by atoms with van der Waals surface area (Å²) in [5.74, 6) is -1.04. The number of amides is 2. The van der Waals surface area contributed by atoms with Gasteiger partial charge in [-0.2, -0.15) is 0 Å². The Kier molecular flexibility index (Phi) is 5.70. The van der Waals surface area contributed by atoms with Crippen LogP contribution in [0.1, 0.15) is 15.9 Å². The summed E-state index contributed by atoms with van der Waals surface area (Å²) in [5.41, 5.74) is 1.27. The van der Waals surface area contributed by atoms with Crippen LogP contribution in [0.4, 0.5) is 5.69 Å². The zero-order chi connectivity index (χ0) is 17.9. The minimum atomic E-state index is -0.461. The standard InChI is InChI=1S/C17H16Cl2N2O3/c1-10-6-7-14(22)11(8-10)17(24)21(2)9-15(23)20-16-12(18)4-3-5-13(16)19/h3-8,22H,9H2,1-2H3,(H,20,23). The molecule has 0 saturated heterocycles. The van der Waals surface area contributed by atoms with Crippen LogP contribution in [0, 0.1) is 6.92 Å². The number of nitrogens with zero attached hydrogens (tertiary/aromatic N) is 1. The van der Waals surface area contributed by atoms with E-state index in [0.29, 0.717) is 15.7 Å². The summed E-state index contributed by atoms with van der Waals surface area (Å²) in [5, 5.41) is 13.0. The Hall–Kier alpha value is -2.24. The zero-order valence-corrected chi connectivity index (χ0v) is 14.6. The third kappa shape index (κ3) is 4.19. The van der Waals surface area contributed by atoms with E-state index in [1.54, 1.807) is 30.3 Å². The fraction of sp³-hybridized carbons (Fsp3) is 0.176. The van der Waals surface area contributed by atoms with Gasteiger partial charge in [-0.3, -0.25) is 9.59 Å². The van der Waals surface area contributed by atoms with Crippen molar-refractivity contribution in [1.29, 1.82) is 0 Å². The van der Waals surface area contributed by atoms with Crippen LogP contribution < -0.4 is 5.32 Å². The highest BCUT2D eigenvalue weighted by Crippen LogP contribution is 2.29. The Morgan fingerprint density at radius 3 is 2.42 bits per heavy atom. The first kappa shape index (κ1) is 18.1. The Balaban J connectivity index is 2.08. The van der Waals surface area contributed by atoms with Crippen molar-refractivity contribution in [3.8, 4) is 5.75 Å². The van der Waals surface area contributed by atoms with Gasteiger partial charge in [-0.1, -0.05) is 40.9 Å². The van der Waals surface area contributed by atoms with Crippen molar-refractivity contribution in [3.63, 3.8) is 0 Å². The molecule has 7 heteroatoms. The van der Waals surface area contributed by atoms with Gasteiger partial charge in [0.05, 0.1) is 27.8 Å². The molecule has 2 aromatic rings. The maximum absolute atomic E-state index is 12.4. The molecule has 0 atom stereocenters. The number of phenolic OH excluding ortho intramolecular Hbond substituents is 1. The van der Waals surface area contributed by atoms with E-state index in [9.17, 15) is 14.7 Å². The van der Waals surface area contributed by atoms with E-state index in [1.807, 2.05) is 6.92 Å². The van der Waals surface area contributed by atoms with Crippen LogP contribution in [-0.2, 0) is 4.79 Å². The molecule has 0 radical (unpaired) electrons. The largest absolute Gasteiger partial charge is 0.507 e. The van der Waals surface area contributed by atoms with E-state index < -0.39 is 11.8 Å². The number of anilines is 1. The number of carbonyl (C=O) groups is 2. The number of halogens is 2. The highest BCUT2D eigenvalue weighted by atomic mass is 35.5. The topological polar surface area (TPSA) is 69.6 Å². The second kappa shape index (κ2) is 7.55. The van der Waals surface area contributed by atoms with Gasteiger partial charge in [0.1, 0.15) is 5.75 Å². The first-order valence-corrected chi connectivity index (χ1v) is 7.84. The number of para-hydroxylation sites is 1. The summed E-state index contributed by atoms with van der Waals surface area (Å²) in [6.07, 6.45) is 0. The number of benzene rings is 2. The molecule has 2 N–H and O–H groups in total. The Labute approximate surface area is 149 Å². The lowest BCUT2D eigenvalue weighted by molar-refractivity contribution is -0.116. The third-order valence-corrected chi connectivity index (χ3v) is 3.97. The Bertz CT molecular complexity index is 773. The zero-order valence-electron chi connectivity index (χ0n) is 13.1. The number of hydrogen-bond acceptors (Lipinski definition) is 3. The Morgan fingerprint density at radius 1 is 1.17 bits per heavy atom. The van der Waals surface area contributed by atoms with E-state index >= 15 is 0 Å². The van der Waals surface area contributed by atoms with Crippen molar-refractivity contribution in [1.82, 2.24) is 4.90 Å². The van der Waals surface area contributed by atoms with Gasteiger partial charge in [0, 0.05) is 7.05 Å². The predicted octanol–water partition coefficient (Wildman–Crippen LogP) is 3.72. The summed E-state index contributed by atoms with van der Waals surface area (Å²) >= 11 is 12.0. The number of rotatable bonds is 4. The van der Waals surface area contributed by atoms with Gasteiger partial charge >= 0.3 is 0 Å². The molecule has 5 nitrogen and oxygen atoms in total. The summed E-state index contributed by atoms with van der Waals surface area (Å²) < 4.78 is 0. The minimum Gasteiger partial charge on any atom is -0.507 e. The van der Waals surface area contributed by atoms with Crippen molar-refractivity contribution in [2.75, 3.05) is 18.9 Å². The van der Waals surface area contributed by atoms with Gasteiger partial charge in [-0.05, 0) is 31.2 Å². The van der Waals surface area contributed by atoms with Gasteiger partial charge in [0.25, 0.3) is 5.91 Å². The maximum atomic E-state index is 12.4. The van der Waals surface area contributed by atoms with Gasteiger partial charge in [0.15, 0.2) is 0 Å². The van der Waals surface area contributed by atoms with Gasteiger partial charge in [-0.15, -0.1) is 0 Å². The first-order valence-electron chi connectivity index (χ1n) is 7.08. The fourth-order valence-electron chi connectivity index (χ4n) is 2.11. The summed E-state index contributed by atoms with van der Waals surface area (Å²) in [6.45, 7) is 1.59. The van der Waals surface area contributed by atoms with Crippen molar-refractivity contribution < 1.29 is 14.7 Å². The number of aromatic hydroxyl groups is 1. The van der Waals surface area contributed by atoms with Crippen molar-refractivity contribution in [2.45, 2.75) is 6.92 Å². The molecule has 126 valence electrons. The normalized spacial score (nSPS) is 10.3. The molecule has 0 bridgehead atoms. The predicted molar refractivity (Wildman–Crippen MR) is 94.9 cm³/mol. The Morgan fingerprint density at radius 2 is 1.79 bits per heavy atom. The quantitative estimate of drug-likeness (QED) is 0.866. The van der Waals surface area contributed by atoms with Crippen LogP contribution in [0.25, 0.3) is 0 Å². The van der Waals surface area contributed by atoms with Crippen LogP contribution in [-0.4, -0.2) is 35.4 Å². The van der Waals surface area contributed by atoms with E-state index in [-0.39, 0.29) is 17.9 Å². The fourth-order valence-corrected chi connectivity index (χ4v) is 2.60. The molecular weight excluding hydrogens is 351 g/mol. The van der Waals surface area contributed by atoms with E-state index in [0.717, 1.165) is 5.56 Å². The maximum Gasteiger partial charge on any atom is 0.257 e. The first-order chi connectivity index (χ1) is 11.3. The average Bonchev–Trinajstić information content (AvgIpc) is 2.52. The number of likely N-dealkylation sites (N-methyl/N-ethyl adjacent to an activating group) is 1. The average molecular weight is 367 g/mol. The molecule has 0 fully saturated rings. The molecular formula is C17H16Cl2N2O3. The van der Waals surface area contributed by atoms with Crippen LogP contribution in [0.5, 0.6) is 5.75 Å². The van der Waals surface area contributed by atoms with Gasteiger partial charge < -0.3 is 15.3 Å².